The third-order valence-electron chi connectivity index (χ3n) is 6.57. The van der Waals surface area contributed by atoms with Crippen LogP contribution in [0.4, 0.5) is 0 Å². The number of nitrogens with zero attached hydrogens (tertiary/aromatic N) is 1. The lowest BCUT2D eigenvalue weighted by molar-refractivity contribution is 0.0676. The third kappa shape index (κ3) is 4.27. The molecule has 2 fully saturated rings. The summed E-state index contributed by atoms with van der Waals surface area (Å²) in [5.41, 5.74) is 3.22. The summed E-state index contributed by atoms with van der Waals surface area (Å²) in [4.78, 5) is 2.59. The molecule has 2 bridgehead atoms. The first-order chi connectivity index (χ1) is 12.3. The lowest BCUT2D eigenvalue weighted by atomic mass is 9.94. The van der Waals surface area contributed by atoms with E-state index in [1.165, 1.54) is 58.2 Å². The zero-order valence-electron chi connectivity index (χ0n) is 15.8. The highest BCUT2D eigenvalue weighted by molar-refractivity contribution is 5.30. The Balaban J connectivity index is 1.26. The van der Waals surface area contributed by atoms with E-state index in [1.807, 2.05) is 0 Å². The maximum Gasteiger partial charge on any atom is 0.0673 e. The van der Waals surface area contributed by atoms with Crippen LogP contribution in [0, 0.1) is 11.8 Å². The topological polar surface area (TPSA) is 24.5 Å². The summed E-state index contributed by atoms with van der Waals surface area (Å²) in [6, 6.07) is 9.88. The molecular formula is C22H34N2O. The average molecular weight is 343 g/mol. The summed E-state index contributed by atoms with van der Waals surface area (Å²) >= 11 is 0. The van der Waals surface area contributed by atoms with Gasteiger partial charge in [0.15, 0.2) is 0 Å². The van der Waals surface area contributed by atoms with Gasteiger partial charge in [0.2, 0.25) is 0 Å². The molecular weight excluding hydrogens is 308 g/mol. The quantitative estimate of drug-likeness (QED) is 0.831. The van der Waals surface area contributed by atoms with E-state index in [0.717, 1.165) is 31.0 Å². The van der Waals surface area contributed by atoms with Crippen molar-refractivity contribution in [3.8, 4) is 0 Å². The summed E-state index contributed by atoms with van der Waals surface area (Å²) in [5.74, 6) is 1.69. The molecule has 1 heterocycles. The van der Waals surface area contributed by atoms with Crippen LogP contribution in [0.1, 0.15) is 43.7 Å². The SMILES string of the molecule is CC1CN(CCCNC2C3CCC2Cc2ccccc2C3)CCCO1. The molecule has 138 valence electrons. The molecule has 1 N–H and O–H groups in total. The van der Waals surface area contributed by atoms with E-state index in [-0.39, 0.29) is 0 Å². The molecule has 3 aliphatic rings. The summed E-state index contributed by atoms with van der Waals surface area (Å²) in [5, 5.41) is 3.97. The monoisotopic (exact) mass is 342 g/mol. The third-order valence-corrected chi connectivity index (χ3v) is 6.57. The Morgan fingerprint density at radius 2 is 1.84 bits per heavy atom. The van der Waals surface area contributed by atoms with Gasteiger partial charge in [0, 0.05) is 25.7 Å². The smallest absolute Gasteiger partial charge is 0.0673 e. The van der Waals surface area contributed by atoms with Crippen molar-refractivity contribution in [3.63, 3.8) is 0 Å². The molecule has 3 atom stereocenters. The maximum absolute atomic E-state index is 5.76. The van der Waals surface area contributed by atoms with Crippen molar-refractivity contribution in [2.45, 2.75) is 57.6 Å². The normalized spacial score (nSPS) is 32.8. The number of nitrogens with one attached hydrogen (secondary N) is 1. The Bertz CT molecular complexity index is 528. The van der Waals surface area contributed by atoms with Crippen molar-refractivity contribution < 1.29 is 4.74 Å². The second-order valence-electron chi connectivity index (χ2n) is 8.44. The molecule has 0 amide bonds. The summed E-state index contributed by atoms with van der Waals surface area (Å²) in [7, 11) is 0. The Labute approximate surface area is 153 Å². The predicted octanol–water partition coefficient (Wildman–Crippen LogP) is 3.27. The van der Waals surface area contributed by atoms with Crippen LogP contribution in [0.5, 0.6) is 0 Å². The Hall–Kier alpha value is -0.900. The van der Waals surface area contributed by atoms with Crippen LogP contribution in [0.2, 0.25) is 0 Å². The average Bonchev–Trinajstić information content (AvgIpc) is 2.76. The minimum Gasteiger partial charge on any atom is -0.377 e. The number of benzene rings is 1. The fraction of sp³-hybridized carbons (Fsp3) is 0.727. The van der Waals surface area contributed by atoms with E-state index in [4.69, 9.17) is 4.74 Å². The van der Waals surface area contributed by atoms with Crippen LogP contribution in [-0.2, 0) is 17.6 Å². The highest BCUT2D eigenvalue weighted by atomic mass is 16.5. The molecule has 2 aliphatic carbocycles. The number of hydrogen-bond acceptors (Lipinski definition) is 3. The first kappa shape index (κ1) is 17.5. The lowest BCUT2D eigenvalue weighted by Crippen LogP contribution is -2.40. The summed E-state index contributed by atoms with van der Waals surface area (Å²) in [6.07, 6.45) is 8.23. The molecule has 4 rings (SSSR count). The van der Waals surface area contributed by atoms with E-state index in [1.54, 1.807) is 11.1 Å². The van der Waals surface area contributed by atoms with Crippen molar-refractivity contribution in [1.82, 2.24) is 10.2 Å². The fourth-order valence-electron chi connectivity index (χ4n) is 5.34. The Kier molecular flexibility index (Phi) is 5.74. The van der Waals surface area contributed by atoms with Crippen molar-refractivity contribution in [1.29, 1.82) is 0 Å². The van der Waals surface area contributed by atoms with E-state index in [9.17, 15) is 0 Å². The van der Waals surface area contributed by atoms with Crippen LogP contribution in [0.3, 0.4) is 0 Å². The van der Waals surface area contributed by atoms with Gasteiger partial charge in [-0.3, -0.25) is 0 Å². The molecule has 0 spiro atoms. The van der Waals surface area contributed by atoms with Crippen LogP contribution in [0.15, 0.2) is 24.3 Å². The van der Waals surface area contributed by atoms with Gasteiger partial charge < -0.3 is 15.0 Å². The minimum absolute atomic E-state index is 0.395. The molecule has 0 radical (unpaired) electrons. The molecule has 0 aromatic heterocycles. The van der Waals surface area contributed by atoms with Gasteiger partial charge in [-0.25, -0.2) is 0 Å². The molecule has 25 heavy (non-hydrogen) atoms. The number of hydrogen-bond donors (Lipinski definition) is 1. The Morgan fingerprint density at radius 1 is 1.12 bits per heavy atom. The van der Waals surface area contributed by atoms with E-state index in [2.05, 4.69) is 41.4 Å². The lowest BCUT2D eigenvalue weighted by Gasteiger charge is -2.25. The zero-order valence-corrected chi connectivity index (χ0v) is 15.8. The molecule has 1 aliphatic heterocycles. The molecule has 3 heteroatoms. The van der Waals surface area contributed by atoms with Gasteiger partial charge in [0.1, 0.15) is 0 Å². The molecule has 3 nitrogen and oxygen atoms in total. The summed E-state index contributed by atoms with van der Waals surface area (Å²) in [6.45, 7) is 7.82. The largest absolute Gasteiger partial charge is 0.377 e. The molecule has 1 saturated carbocycles. The van der Waals surface area contributed by atoms with Crippen molar-refractivity contribution >= 4 is 0 Å². The van der Waals surface area contributed by atoms with Crippen molar-refractivity contribution in [2.24, 2.45) is 11.8 Å². The number of rotatable bonds is 5. The molecule has 1 aromatic carbocycles. The fourth-order valence-corrected chi connectivity index (χ4v) is 5.34. The van der Waals surface area contributed by atoms with Gasteiger partial charge in [0.05, 0.1) is 6.10 Å². The predicted molar refractivity (Wildman–Crippen MR) is 103 cm³/mol. The number of ether oxygens (including phenoxy) is 1. The first-order valence-corrected chi connectivity index (χ1v) is 10.4. The van der Waals surface area contributed by atoms with E-state index >= 15 is 0 Å². The maximum atomic E-state index is 5.76. The van der Waals surface area contributed by atoms with Gasteiger partial charge in [-0.2, -0.15) is 0 Å². The zero-order chi connectivity index (χ0) is 17.1. The molecule has 1 aromatic rings. The van der Waals surface area contributed by atoms with Crippen molar-refractivity contribution in [3.05, 3.63) is 35.4 Å². The highest BCUT2D eigenvalue weighted by Crippen LogP contribution is 2.39. The van der Waals surface area contributed by atoms with E-state index in [0.29, 0.717) is 6.10 Å². The second kappa shape index (κ2) is 8.20. The van der Waals surface area contributed by atoms with Gasteiger partial charge in [-0.05, 0) is 81.5 Å². The van der Waals surface area contributed by atoms with Crippen LogP contribution in [0.25, 0.3) is 0 Å². The summed E-state index contributed by atoms with van der Waals surface area (Å²) < 4.78 is 5.76. The molecule has 3 unspecified atom stereocenters. The van der Waals surface area contributed by atoms with Crippen LogP contribution >= 0.6 is 0 Å². The van der Waals surface area contributed by atoms with E-state index < -0.39 is 0 Å². The van der Waals surface area contributed by atoms with Crippen LogP contribution in [-0.4, -0.2) is 49.8 Å². The standard InChI is InChI=1S/C22H34N2O/c1-17-16-24(12-5-13-25-17)11-4-10-23-22-20-8-9-21(22)15-19-7-3-2-6-18(19)14-20/h2-3,6-7,17,20-23H,4-5,8-16H2,1H3. The van der Waals surface area contributed by atoms with Gasteiger partial charge in [-0.1, -0.05) is 24.3 Å². The van der Waals surface area contributed by atoms with Crippen molar-refractivity contribution in [2.75, 3.05) is 32.8 Å². The van der Waals surface area contributed by atoms with Gasteiger partial charge in [-0.15, -0.1) is 0 Å². The van der Waals surface area contributed by atoms with Gasteiger partial charge in [0.25, 0.3) is 0 Å². The highest BCUT2D eigenvalue weighted by Gasteiger charge is 2.38. The number of fused-ring (bicyclic) bond motifs is 3. The minimum atomic E-state index is 0.395. The van der Waals surface area contributed by atoms with Crippen LogP contribution < -0.4 is 5.32 Å². The van der Waals surface area contributed by atoms with Gasteiger partial charge >= 0.3 is 0 Å². The second-order valence-corrected chi connectivity index (χ2v) is 8.44. The Morgan fingerprint density at radius 3 is 2.56 bits per heavy atom. The first-order valence-electron chi connectivity index (χ1n) is 10.4. The molecule has 1 saturated heterocycles.